The van der Waals surface area contributed by atoms with Crippen LogP contribution in [0, 0.1) is 0 Å². The molecule has 3 aromatic heterocycles. The van der Waals surface area contributed by atoms with Crippen molar-refractivity contribution in [3.05, 3.63) is 224 Å². The van der Waals surface area contributed by atoms with E-state index in [1.54, 1.807) is 0 Å². The van der Waals surface area contributed by atoms with Crippen LogP contribution < -0.4 is 0 Å². The molecule has 62 heavy (non-hydrogen) atoms. The molecule has 0 unspecified atom stereocenters. The summed E-state index contributed by atoms with van der Waals surface area (Å²) in [6, 6.07) is 79.2. The Morgan fingerprint density at radius 1 is 0.274 bits per heavy atom. The highest BCUT2D eigenvalue weighted by atomic mass is 15.2. The molecule has 0 amide bonds. The fraction of sp³-hybridized carbons (Fsp3) is 0. The van der Waals surface area contributed by atoms with Crippen LogP contribution >= 0.6 is 0 Å². The molecule has 3 heterocycles. The van der Waals surface area contributed by atoms with Crippen molar-refractivity contribution in [2.75, 3.05) is 0 Å². The average molecular weight is 792 g/mol. The normalized spacial score (nSPS) is 11.5. The third kappa shape index (κ3) is 5.98. The quantitative estimate of drug-likeness (QED) is 0.162. The lowest BCUT2D eigenvalue weighted by molar-refractivity contribution is 0.953. The molecule has 0 N–H and O–H groups in total. The first kappa shape index (κ1) is 35.5. The first-order valence-corrected chi connectivity index (χ1v) is 20.9. The highest BCUT2D eigenvalue weighted by Crippen LogP contribution is 2.42. The van der Waals surface area contributed by atoms with Crippen LogP contribution in [0.15, 0.2) is 224 Å². The molecule has 0 radical (unpaired) electrons. The fourth-order valence-corrected chi connectivity index (χ4v) is 9.10. The van der Waals surface area contributed by atoms with Gasteiger partial charge in [0.2, 0.25) is 5.95 Å². The van der Waals surface area contributed by atoms with Gasteiger partial charge < -0.3 is 4.57 Å². The van der Waals surface area contributed by atoms with Gasteiger partial charge in [0.05, 0.1) is 22.1 Å². The lowest BCUT2D eigenvalue weighted by atomic mass is 9.98. The first-order valence-electron chi connectivity index (χ1n) is 20.9. The lowest BCUT2D eigenvalue weighted by Crippen LogP contribution is -2.06. The van der Waals surface area contributed by atoms with Crippen LogP contribution in [-0.2, 0) is 0 Å². The molecule has 0 bridgehead atoms. The summed E-state index contributed by atoms with van der Waals surface area (Å²) in [6.45, 7) is 0. The van der Waals surface area contributed by atoms with Gasteiger partial charge >= 0.3 is 0 Å². The summed E-state index contributed by atoms with van der Waals surface area (Å²) in [5.74, 6) is 1.78. The highest BCUT2D eigenvalue weighted by molar-refractivity contribution is 6.26. The Bertz CT molecular complexity index is 3620. The van der Waals surface area contributed by atoms with E-state index in [1.165, 1.54) is 33.0 Å². The largest absolute Gasteiger partial charge is 0.309 e. The van der Waals surface area contributed by atoms with Crippen LogP contribution in [0.5, 0.6) is 0 Å². The van der Waals surface area contributed by atoms with Gasteiger partial charge in [-0.2, -0.15) is 9.97 Å². The Hall–Kier alpha value is -8.41. The predicted molar refractivity (Wildman–Crippen MR) is 256 cm³/mol. The van der Waals surface area contributed by atoms with Crippen molar-refractivity contribution in [1.82, 2.24) is 24.1 Å². The summed E-state index contributed by atoms with van der Waals surface area (Å²) in [4.78, 5) is 15.8. The van der Waals surface area contributed by atoms with Crippen molar-refractivity contribution in [2.45, 2.75) is 0 Å². The summed E-state index contributed by atoms with van der Waals surface area (Å²) < 4.78 is 4.65. The van der Waals surface area contributed by atoms with Crippen LogP contribution in [0.2, 0.25) is 0 Å². The maximum Gasteiger partial charge on any atom is 0.238 e. The molecule has 5 nitrogen and oxygen atoms in total. The molecule has 0 atom stereocenters. The third-order valence-corrected chi connectivity index (χ3v) is 12.0. The number of aromatic nitrogens is 5. The second kappa shape index (κ2) is 14.7. The maximum absolute atomic E-state index is 5.35. The zero-order chi connectivity index (χ0) is 41.0. The number of nitrogens with zero attached hydrogens (tertiary/aromatic N) is 5. The van der Waals surface area contributed by atoms with E-state index < -0.39 is 0 Å². The van der Waals surface area contributed by atoms with Crippen LogP contribution in [0.3, 0.4) is 0 Å². The smallest absolute Gasteiger partial charge is 0.238 e. The molecule has 9 aromatic carbocycles. The number of benzene rings is 9. The number of rotatable bonds is 7. The van der Waals surface area contributed by atoms with E-state index in [0.29, 0.717) is 17.6 Å². The van der Waals surface area contributed by atoms with Crippen LogP contribution in [0.4, 0.5) is 0 Å². The summed E-state index contributed by atoms with van der Waals surface area (Å²) in [7, 11) is 0. The molecule has 0 aliphatic heterocycles. The maximum atomic E-state index is 5.35. The van der Waals surface area contributed by atoms with Gasteiger partial charge in [0.25, 0.3) is 0 Å². The van der Waals surface area contributed by atoms with Crippen LogP contribution in [0.25, 0.3) is 111 Å². The average Bonchev–Trinajstić information content (AvgIpc) is 3.88. The molecule has 0 fully saturated rings. The van der Waals surface area contributed by atoms with Gasteiger partial charge in [-0.25, -0.2) is 4.98 Å². The molecule has 12 rings (SSSR count). The molecular formula is C57H37N5. The Morgan fingerprint density at radius 2 is 0.742 bits per heavy atom. The molecule has 0 spiro atoms. The van der Waals surface area contributed by atoms with Gasteiger partial charge in [0.15, 0.2) is 11.6 Å². The lowest BCUT2D eigenvalue weighted by Gasteiger charge is -2.12. The van der Waals surface area contributed by atoms with E-state index in [-0.39, 0.29) is 0 Å². The number of hydrogen-bond donors (Lipinski definition) is 0. The monoisotopic (exact) mass is 791 g/mol. The molecule has 0 aliphatic rings. The Labute approximate surface area is 358 Å². The SMILES string of the molecule is c1ccc(-c2cccc(-c3cccc(-c4nc(-c5ccccc5)nc(-n5c6ccccc6c6c5ccc5c7ccccc7n(-c7cccc(-c8ccccc8)c7)c56)n4)c3)c2)cc1. The second-order valence-corrected chi connectivity index (χ2v) is 15.7. The van der Waals surface area contributed by atoms with Crippen molar-refractivity contribution in [3.63, 3.8) is 0 Å². The minimum absolute atomic E-state index is 0.560. The van der Waals surface area contributed by atoms with E-state index in [9.17, 15) is 0 Å². The van der Waals surface area contributed by atoms with E-state index in [4.69, 9.17) is 15.0 Å². The van der Waals surface area contributed by atoms with Gasteiger partial charge in [-0.1, -0.05) is 182 Å². The Balaban J connectivity index is 1.09. The van der Waals surface area contributed by atoms with Crippen LogP contribution in [0.1, 0.15) is 0 Å². The summed E-state index contributed by atoms with van der Waals surface area (Å²) in [5.41, 5.74) is 14.2. The fourth-order valence-electron chi connectivity index (χ4n) is 9.10. The van der Waals surface area contributed by atoms with E-state index in [0.717, 1.165) is 60.8 Å². The first-order chi connectivity index (χ1) is 30.7. The number of hydrogen-bond acceptors (Lipinski definition) is 3. The molecule has 0 saturated carbocycles. The zero-order valence-corrected chi connectivity index (χ0v) is 33.6. The Morgan fingerprint density at radius 3 is 1.40 bits per heavy atom. The van der Waals surface area contributed by atoms with Crippen molar-refractivity contribution >= 4 is 43.6 Å². The number of para-hydroxylation sites is 2. The van der Waals surface area contributed by atoms with E-state index >= 15 is 0 Å². The summed E-state index contributed by atoms with van der Waals surface area (Å²) in [5, 5.41) is 4.66. The van der Waals surface area contributed by atoms with Gasteiger partial charge in [-0.05, 0) is 75.8 Å². The minimum Gasteiger partial charge on any atom is -0.309 e. The van der Waals surface area contributed by atoms with Crippen molar-refractivity contribution in [3.8, 4) is 67.8 Å². The molecule has 12 aromatic rings. The molecular weight excluding hydrogens is 755 g/mol. The topological polar surface area (TPSA) is 48.5 Å². The molecule has 0 aliphatic carbocycles. The van der Waals surface area contributed by atoms with Gasteiger partial charge in [0, 0.05) is 38.4 Å². The van der Waals surface area contributed by atoms with E-state index in [1.807, 2.05) is 18.2 Å². The summed E-state index contributed by atoms with van der Waals surface area (Å²) >= 11 is 0. The summed E-state index contributed by atoms with van der Waals surface area (Å²) in [6.07, 6.45) is 0. The van der Waals surface area contributed by atoms with Gasteiger partial charge in [0.1, 0.15) is 0 Å². The molecule has 0 saturated heterocycles. The van der Waals surface area contributed by atoms with Gasteiger partial charge in [-0.3, -0.25) is 4.57 Å². The standard InChI is InChI=1S/C57H37N5/c1-4-17-38(18-5-1)41-23-14-24-42(35-41)43-25-15-27-45(36-43)56-58-55(40-21-8-3-9-22-40)59-57(60-56)62-51-32-13-11-30-49(51)53-52(62)34-33-48-47-29-10-12-31-50(47)61(54(48)53)46-28-16-26-44(37-46)39-19-6-2-7-20-39/h1-37H. The van der Waals surface area contributed by atoms with E-state index in [2.05, 4.69) is 215 Å². The van der Waals surface area contributed by atoms with Crippen LogP contribution in [-0.4, -0.2) is 24.1 Å². The Kier molecular flexibility index (Phi) is 8.42. The van der Waals surface area contributed by atoms with Crippen molar-refractivity contribution in [1.29, 1.82) is 0 Å². The molecule has 5 heteroatoms. The van der Waals surface area contributed by atoms with Crippen molar-refractivity contribution in [2.24, 2.45) is 0 Å². The predicted octanol–water partition coefficient (Wildman–Crippen LogP) is 14.4. The zero-order valence-electron chi connectivity index (χ0n) is 33.6. The molecule has 290 valence electrons. The third-order valence-electron chi connectivity index (χ3n) is 12.0. The minimum atomic E-state index is 0.560. The van der Waals surface area contributed by atoms with Gasteiger partial charge in [-0.15, -0.1) is 0 Å². The highest BCUT2D eigenvalue weighted by Gasteiger charge is 2.23. The van der Waals surface area contributed by atoms with Crippen molar-refractivity contribution < 1.29 is 0 Å². The second-order valence-electron chi connectivity index (χ2n) is 15.7. The number of fused-ring (bicyclic) bond motifs is 7.